The Morgan fingerprint density at radius 3 is 1.97 bits per heavy atom. The van der Waals surface area contributed by atoms with Crippen molar-refractivity contribution in [3.8, 4) is 5.75 Å². The molecule has 1 fully saturated rings. The molecule has 0 saturated carbocycles. The number of halogens is 3. The molecule has 0 unspecified atom stereocenters. The number of piperazine rings is 1. The van der Waals surface area contributed by atoms with Crippen LogP contribution in [0.2, 0.25) is 15.1 Å². The lowest BCUT2D eigenvalue weighted by Crippen LogP contribution is -2.47. The van der Waals surface area contributed by atoms with Gasteiger partial charge in [0.25, 0.3) is 0 Å². The summed E-state index contributed by atoms with van der Waals surface area (Å²) in [6.45, 7) is 9.07. The van der Waals surface area contributed by atoms with Crippen LogP contribution in [0.4, 0.5) is 5.69 Å². The van der Waals surface area contributed by atoms with Crippen molar-refractivity contribution in [2.45, 2.75) is 20.3 Å². The van der Waals surface area contributed by atoms with Crippen molar-refractivity contribution in [3.63, 3.8) is 0 Å². The molecule has 0 aromatic heterocycles. The molecule has 1 heterocycles. The molecule has 1 saturated heterocycles. The van der Waals surface area contributed by atoms with Gasteiger partial charge in [-0.3, -0.25) is 4.90 Å². The standard InChI is InChI=1S/C19H22Cl2N2O.C6H5Cl.C2H6/c1-24-19-5-3-2-4-15(19)8-9-22-10-12-23(13-11-22)18-7-6-16(20)14-17(18)21;7-6-4-2-1-3-5-6;1-2/h2-7,14H,8-13H2,1H3;1-5H;1-2H3. The second kappa shape index (κ2) is 15.1. The highest BCUT2D eigenvalue weighted by atomic mass is 35.5. The number of ether oxygens (including phenoxy) is 1. The van der Waals surface area contributed by atoms with Gasteiger partial charge in [0, 0.05) is 42.8 Å². The Morgan fingerprint density at radius 1 is 0.758 bits per heavy atom. The Kier molecular flexibility index (Phi) is 12.5. The second-order valence-electron chi connectivity index (χ2n) is 7.28. The summed E-state index contributed by atoms with van der Waals surface area (Å²) in [5.74, 6) is 0.976. The van der Waals surface area contributed by atoms with Crippen LogP contribution in [0.15, 0.2) is 72.8 Å². The summed E-state index contributed by atoms with van der Waals surface area (Å²) in [5, 5.41) is 2.20. The molecule has 0 N–H and O–H groups in total. The summed E-state index contributed by atoms with van der Waals surface area (Å²) in [6.07, 6.45) is 1.01. The smallest absolute Gasteiger partial charge is 0.122 e. The second-order valence-corrected chi connectivity index (χ2v) is 8.56. The number of benzene rings is 3. The predicted octanol–water partition coefficient (Wildman–Crippen LogP) is 7.73. The fourth-order valence-corrected chi connectivity index (χ4v) is 4.23. The molecule has 3 nitrogen and oxygen atoms in total. The van der Waals surface area contributed by atoms with E-state index in [0.29, 0.717) is 5.02 Å². The molecule has 3 aromatic carbocycles. The summed E-state index contributed by atoms with van der Waals surface area (Å²) in [5.41, 5.74) is 2.34. The monoisotopic (exact) mass is 506 g/mol. The van der Waals surface area contributed by atoms with Crippen LogP contribution in [0.3, 0.4) is 0 Å². The lowest BCUT2D eigenvalue weighted by atomic mass is 10.1. The topological polar surface area (TPSA) is 15.7 Å². The van der Waals surface area contributed by atoms with Crippen molar-refractivity contribution in [1.29, 1.82) is 0 Å². The first-order valence-electron chi connectivity index (χ1n) is 11.3. The van der Waals surface area contributed by atoms with E-state index in [4.69, 9.17) is 39.5 Å². The van der Waals surface area contributed by atoms with Crippen LogP contribution in [0, 0.1) is 0 Å². The van der Waals surface area contributed by atoms with Gasteiger partial charge in [-0.2, -0.15) is 0 Å². The summed E-state index contributed by atoms with van der Waals surface area (Å²) in [4.78, 5) is 4.82. The van der Waals surface area contributed by atoms with Gasteiger partial charge >= 0.3 is 0 Å². The van der Waals surface area contributed by atoms with E-state index in [2.05, 4.69) is 21.9 Å². The lowest BCUT2D eigenvalue weighted by molar-refractivity contribution is 0.260. The van der Waals surface area contributed by atoms with Crippen molar-refractivity contribution >= 4 is 40.5 Å². The van der Waals surface area contributed by atoms with Crippen molar-refractivity contribution in [2.75, 3.05) is 44.7 Å². The Balaban J connectivity index is 0.000000362. The molecule has 3 aromatic rings. The zero-order chi connectivity index (χ0) is 24.1. The van der Waals surface area contributed by atoms with Crippen LogP contribution in [0.25, 0.3) is 0 Å². The number of hydrogen-bond acceptors (Lipinski definition) is 3. The summed E-state index contributed by atoms with van der Waals surface area (Å²) in [6, 6.07) is 23.4. The number of para-hydroxylation sites is 1. The molecule has 6 heteroatoms. The van der Waals surface area contributed by atoms with Gasteiger partial charge < -0.3 is 9.64 Å². The molecule has 0 amide bonds. The minimum Gasteiger partial charge on any atom is -0.496 e. The van der Waals surface area contributed by atoms with Crippen molar-refractivity contribution < 1.29 is 4.74 Å². The van der Waals surface area contributed by atoms with Crippen molar-refractivity contribution in [3.05, 3.63) is 93.4 Å². The number of anilines is 1. The van der Waals surface area contributed by atoms with E-state index in [-0.39, 0.29) is 0 Å². The fraction of sp³-hybridized carbons (Fsp3) is 0.333. The highest BCUT2D eigenvalue weighted by Gasteiger charge is 2.19. The van der Waals surface area contributed by atoms with Crippen molar-refractivity contribution in [2.24, 2.45) is 0 Å². The van der Waals surface area contributed by atoms with Gasteiger partial charge in [-0.1, -0.05) is 85.0 Å². The maximum Gasteiger partial charge on any atom is 0.122 e. The van der Waals surface area contributed by atoms with Crippen molar-refractivity contribution in [1.82, 2.24) is 4.90 Å². The summed E-state index contributed by atoms with van der Waals surface area (Å²) < 4.78 is 5.43. The number of methoxy groups -OCH3 is 1. The molecule has 4 rings (SSSR count). The van der Waals surface area contributed by atoms with Crippen LogP contribution in [-0.2, 0) is 6.42 Å². The number of rotatable bonds is 5. The molecular formula is C27H33Cl3N2O. The third kappa shape index (κ3) is 9.10. The maximum absolute atomic E-state index is 6.32. The first-order chi connectivity index (χ1) is 16.1. The Labute approximate surface area is 213 Å². The van der Waals surface area contributed by atoms with Gasteiger partial charge in [0.15, 0.2) is 0 Å². The average Bonchev–Trinajstić information content (AvgIpc) is 2.85. The third-order valence-corrected chi connectivity index (χ3v) is 6.04. The average molecular weight is 508 g/mol. The third-order valence-electron chi connectivity index (χ3n) is 5.25. The van der Waals surface area contributed by atoms with Gasteiger partial charge in [-0.15, -0.1) is 0 Å². The Morgan fingerprint density at radius 2 is 1.39 bits per heavy atom. The first kappa shape index (κ1) is 27.3. The summed E-state index contributed by atoms with van der Waals surface area (Å²) >= 11 is 17.8. The van der Waals surface area contributed by atoms with E-state index in [1.165, 1.54) is 5.56 Å². The van der Waals surface area contributed by atoms with Crippen LogP contribution in [0.1, 0.15) is 19.4 Å². The van der Waals surface area contributed by atoms with E-state index in [1.807, 2.05) is 74.5 Å². The van der Waals surface area contributed by atoms with Gasteiger partial charge in [0.1, 0.15) is 5.75 Å². The Hall–Kier alpha value is -1.91. The lowest BCUT2D eigenvalue weighted by Gasteiger charge is -2.36. The zero-order valence-corrected chi connectivity index (χ0v) is 21.9. The van der Waals surface area contributed by atoms with Gasteiger partial charge in [-0.05, 0) is 48.4 Å². The number of nitrogens with zero attached hydrogens (tertiary/aromatic N) is 2. The van der Waals surface area contributed by atoms with Crippen LogP contribution >= 0.6 is 34.8 Å². The Bertz CT molecular complexity index is 945. The minimum absolute atomic E-state index is 0.680. The predicted molar refractivity (Wildman–Crippen MR) is 145 cm³/mol. The summed E-state index contributed by atoms with van der Waals surface area (Å²) in [7, 11) is 1.73. The molecule has 0 radical (unpaired) electrons. The van der Waals surface area contributed by atoms with Gasteiger partial charge in [-0.25, -0.2) is 0 Å². The highest BCUT2D eigenvalue weighted by Crippen LogP contribution is 2.29. The largest absolute Gasteiger partial charge is 0.496 e. The molecular weight excluding hydrogens is 475 g/mol. The first-order valence-corrected chi connectivity index (χ1v) is 12.4. The molecule has 0 aliphatic carbocycles. The normalized spacial score (nSPS) is 13.3. The molecule has 1 aliphatic rings. The van der Waals surface area contributed by atoms with E-state index in [9.17, 15) is 0 Å². The molecule has 0 spiro atoms. The molecule has 0 atom stereocenters. The highest BCUT2D eigenvalue weighted by molar-refractivity contribution is 6.36. The minimum atomic E-state index is 0.680. The quantitative estimate of drug-likeness (QED) is 0.351. The van der Waals surface area contributed by atoms with Gasteiger partial charge in [0.2, 0.25) is 0 Å². The van der Waals surface area contributed by atoms with E-state index in [0.717, 1.165) is 60.6 Å². The van der Waals surface area contributed by atoms with E-state index >= 15 is 0 Å². The van der Waals surface area contributed by atoms with Crippen LogP contribution in [0.5, 0.6) is 5.75 Å². The molecule has 33 heavy (non-hydrogen) atoms. The fourth-order valence-electron chi connectivity index (χ4n) is 3.55. The molecule has 1 aliphatic heterocycles. The maximum atomic E-state index is 6.32. The molecule has 178 valence electrons. The van der Waals surface area contributed by atoms with Crippen LogP contribution < -0.4 is 9.64 Å². The SMILES string of the molecule is CC.COc1ccccc1CCN1CCN(c2ccc(Cl)cc2Cl)CC1.Clc1ccccc1. The zero-order valence-electron chi connectivity index (χ0n) is 19.6. The van der Waals surface area contributed by atoms with Crippen LogP contribution in [-0.4, -0.2) is 44.7 Å². The van der Waals surface area contributed by atoms with Gasteiger partial charge in [0.05, 0.1) is 17.8 Å². The number of hydrogen-bond donors (Lipinski definition) is 0. The van der Waals surface area contributed by atoms with E-state index < -0.39 is 0 Å². The molecule has 0 bridgehead atoms. The van der Waals surface area contributed by atoms with E-state index in [1.54, 1.807) is 7.11 Å².